The molecular formula is C22H23Cl2N5O2S. The highest BCUT2D eigenvalue weighted by atomic mass is 35.5. The van der Waals surface area contributed by atoms with Crippen LogP contribution in [-0.2, 0) is 17.9 Å². The minimum atomic E-state index is -0.334. The van der Waals surface area contributed by atoms with Gasteiger partial charge in [0, 0.05) is 17.3 Å². The number of rotatable bonds is 8. The van der Waals surface area contributed by atoms with Crippen molar-refractivity contribution in [3.63, 3.8) is 0 Å². The highest BCUT2D eigenvalue weighted by Gasteiger charge is 2.16. The van der Waals surface area contributed by atoms with E-state index in [9.17, 15) is 9.59 Å². The molecule has 3 rings (SSSR count). The predicted molar refractivity (Wildman–Crippen MR) is 129 cm³/mol. The van der Waals surface area contributed by atoms with Gasteiger partial charge in [0.2, 0.25) is 5.91 Å². The number of nitrogens with one attached hydrogen (secondary N) is 2. The molecular weight excluding hydrogens is 469 g/mol. The van der Waals surface area contributed by atoms with Crippen LogP contribution in [0.5, 0.6) is 0 Å². The molecule has 10 heteroatoms. The van der Waals surface area contributed by atoms with E-state index < -0.39 is 0 Å². The van der Waals surface area contributed by atoms with Gasteiger partial charge in [0.15, 0.2) is 11.0 Å². The van der Waals surface area contributed by atoms with E-state index >= 15 is 0 Å². The highest BCUT2D eigenvalue weighted by molar-refractivity contribution is 7.99. The standard InChI is InChI=1S/C22H23Cl2N5O2S/c1-4-29-19(11-25-21(31)17-6-5-15(23)10-18(17)24)27-28-22(29)32-12-20(30)26-16-8-13(2)7-14(3)9-16/h5-10H,4,11-12H2,1-3H3,(H,25,31)(H,26,30). The van der Waals surface area contributed by atoms with E-state index in [0.717, 1.165) is 16.8 Å². The first kappa shape index (κ1) is 24.1. The number of carbonyl (C=O) groups excluding carboxylic acids is 2. The Bertz CT molecular complexity index is 1130. The molecule has 3 aromatic rings. The lowest BCUT2D eigenvalue weighted by Crippen LogP contribution is -2.25. The van der Waals surface area contributed by atoms with E-state index in [2.05, 4.69) is 26.9 Å². The molecule has 0 spiro atoms. The van der Waals surface area contributed by atoms with Crippen molar-refractivity contribution in [1.29, 1.82) is 0 Å². The average molecular weight is 492 g/mol. The summed E-state index contributed by atoms with van der Waals surface area (Å²) >= 11 is 13.3. The van der Waals surface area contributed by atoms with Gasteiger partial charge in [-0.2, -0.15) is 0 Å². The second-order valence-corrected chi connectivity index (χ2v) is 8.95. The molecule has 0 atom stereocenters. The summed E-state index contributed by atoms with van der Waals surface area (Å²) < 4.78 is 1.86. The van der Waals surface area contributed by atoms with Crippen molar-refractivity contribution >= 4 is 52.5 Å². The normalized spacial score (nSPS) is 10.8. The van der Waals surface area contributed by atoms with Crippen LogP contribution in [0.3, 0.4) is 0 Å². The zero-order valence-corrected chi connectivity index (χ0v) is 20.2. The predicted octanol–water partition coefficient (Wildman–Crippen LogP) is 4.88. The molecule has 2 aromatic carbocycles. The molecule has 7 nitrogen and oxygen atoms in total. The van der Waals surface area contributed by atoms with Gasteiger partial charge in [0.05, 0.1) is 22.9 Å². The van der Waals surface area contributed by atoms with Crippen LogP contribution in [-0.4, -0.2) is 32.3 Å². The quantitative estimate of drug-likeness (QED) is 0.438. The van der Waals surface area contributed by atoms with Crippen molar-refractivity contribution in [2.24, 2.45) is 0 Å². The molecule has 2 amide bonds. The summed E-state index contributed by atoms with van der Waals surface area (Å²) in [5, 5.41) is 15.4. The molecule has 0 bridgehead atoms. The Morgan fingerprint density at radius 2 is 1.78 bits per heavy atom. The zero-order valence-electron chi connectivity index (χ0n) is 17.9. The van der Waals surface area contributed by atoms with Crippen LogP contribution in [0.15, 0.2) is 41.6 Å². The third-order valence-corrected chi connectivity index (χ3v) is 6.04. The van der Waals surface area contributed by atoms with Gasteiger partial charge < -0.3 is 15.2 Å². The Labute approximate surface area is 200 Å². The van der Waals surface area contributed by atoms with Gasteiger partial charge in [-0.25, -0.2) is 0 Å². The maximum atomic E-state index is 12.4. The van der Waals surface area contributed by atoms with Crippen LogP contribution in [0.1, 0.15) is 34.2 Å². The van der Waals surface area contributed by atoms with Crippen molar-refractivity contribution in [3.05, 3.63) is 69.0 Å². The van der Waals surface area contributed by atoms with Crippen molar-refractivity contribution < 1.29 is 9.59 Å². The molecule has 32 heavy (non-hydrogen) atoms. The summed E-state index contributed by atoms with van der Waals surface area (Å²) in [5.41, 5.74) is 3.28. The SMILES string of the molecule is CCn1c(CNC(=O)c2ccc(Cl)cc2Cl)nnc1SCC(=O)Nc1cc(C)cc(C)c1. The number of thioether (sulfide) groups is 1. The molecule has 0 saturated carbocycles. The van der Waals surface area contributed by atoms with Gasteiger partial charge >= 0.3 is 0 Å². The molecule has 2 N–H and O–H groups in total. The number of nitrogens with zero attached hydrogens (tertiary/aromatic N) is 3. The third kappa shape index (κ3) is 6.25. The van der Waals surface area contributed by atoms with Gasteiger partial charge in [0.25, 0.3) is 5.91 Å². The monoisotopic (exact) mass is 491 g/mol. The third-order valence-electron chi connectivity index (χ3n) is 4.53. The highest BCUT2D eigenvalue weighted by Crippen LogP contribution is 2.22. The number of hydrogen-bond donors (Lipinski definition) is 2. The van der Waals surface area contributed by atoms with Crippen LogP contribution < -0.4 is 10.6 Å². The lowest BCUT2D eigenvalue weighted by Gasteiger charge is -2.10. The van der Waals surface area contributed by atoms with Gasteiger partial charge in [-0.05, 0) is 62.2 Å². The lowest BCUT2D eigenvalue weighted by molar-refractivity contribution is -0.113. The van der Waals surface area contributed by atoms with Gasteiger partial charge in [0.1, 0.15) is 0 Å². The molecule has 1 heterocycles. The minimum Gasteiger partial charge on any atom is -0.345 e. The number of amides is 2. The fraction of sp³-hybridized carbons (Fsp3) is 0.273. The first-order chi connectivity index (χ1) is 15.3. The van der Waals surface area contributed by atoms with E-state index in [-0.39, 0.29) is 29.1 Å². The van der Waals surface area contributed by atoms with Crippen LogP contribution in [0.2, 0.25) is 10.0 Å². The van der Waals surface area contributed by atoms with Gasteiger partial charge in [-0.1, -0.05) is 41.0 Å². The van der Waals surface area contributed by atoms with Crippen LogP contribution in [0.25, 0.3) is 0 Å². The molecule has 0 radical (unpaired) electrons. The fourth-order valence-electron chi connectivity index (χ4n) is 3.18. The average Bonchev–Trinajstić information content (AvgIpc) is 3.11. The molecule has 0 fully saturated rings. The summed E-state index contributed by atoms with van der Waals surface area (Å²) in [6, 6.07) is 10.6. The van der Waals surface area contributed by atoms with Crippen molar-refractivity contribution in [2.75, 3.05) is 11.1 Å². The second-order valence-electron chi connectivity index (χ2n) is 7.16. The van der Waals surface area contributed by atoms with E-state index in [1.807, 2.05) is 37.5 Å². The van der Waals surface area contributed by atoms with E-state index in [0.29, 0.717) is 28.1 Å². The maximum absolute atomic E-state index is 12.4. The van der Waals surface area contributed by atoms with Crippen molar-refractivity contribution in [3.8, 4) is 0 Å². The molecule has 0 aliphatic heterocycles. The number of aryl methyl sites for hydroxylation is 2. The van der Waals surface area contributed by atoms with Gasteiger partial charge in [-0.15, -0.1) is 10.2 Å². The van der Waals surface area contributed by atoms with Crippen LogP contribution in [0.4, 0.5) is 5.69 Å². The zero-order chi connectivity index (χ0) is 23.3. The topological polar surface area (TPSA) is 88.9 Å². The second kappa shape index (κ2) is 10.8. The Balaban J connectivity index is 1.59. The summed E-state index contributed by atoms with van der Waals surface area (Å²) in [6.07, 6.45) is 0. The molecule has 0 aliphatic rings. The summed E-state index contributed by atoms with van der Waals surface area (Å²) in [7, 11) is 0. The molecule has 0 aliphatic carbocycles. The number of aromatic nitrogens is 3. The van der Waals surface area contributed by atoms with Crippen LogP contribution in [0, 0.1) is 13.8 Å². The van der Waals surface area contributed by atoms with E-state index in [1.165, 1.54) is 17.8 Å². The first-order valence-electron chi connectivity index (χ1n) is 9.93. The largest absolute Gasteiger partial charge is 0.345 e. The number of hydrogen-bond acceptors (Lipinski definition) is 5. The van der Waals surface area contributed by atoms with Crippen molar-refractivity contribution in [1.82, 2.24) is 20.1 Å². The van der Waals surface area contributed by atoms with E-state index in [1.54, 1.807) is 12.1 Å². The molecule has 168 valence electrons. The van der Waals surface area contributed by atoms with E-state index in [4.69, 9.17) is 23.2 Å². The number of carbonyl (C=O) groups is 2. The lowest BCUT2D eigenvalue weighted by atomic mass is 10.1. The van der Waals surface area contributed by atoms with Gasteiger partial charge in [-0.3, -0.25) is 9.59 Å². The molecule has 1 aromatic heterocycles. The minimum absolute atomic E-state index is 0.127. The molecule has 0 saturated heterocycles. The number of halogens is 2. The smallest absolute Gasteiger partial charge is 0.253 e. The summed E-state index contributed by atoms with van der Waals surface area (Å²) in [6.45, 7) is 6.70. The first-order valence-corrected chi connectivity index (χ1v) is 11.7. The maximum Gasteiger partial charge on any atom is 0.253 e. The summed E-state index contributed by atoms with van der Waals surface area (Å²) in [4.78, 5) is 24.8. The fourth-order valence-corrected chi connectivity index (χ4v) is 4.49. The number of anilines is 1. The summed E-state index contributed by atoms with van der Waals surface area (Å²) in [5.74, 6) is 0.318. The Kier molecular flexibility index (Phi) is 8.17. The Hall–Kier alpha value is -2.55. The van der Waals surface area contributed by atoms with Crippen molar-refractivity contribution in [2.45, 2.75) is 39.0 Å². The Morgan fingerprint density at radius 3 is 2.44 bits per heavy atom. The van der Waals surface area contributed by atoms with Crippen LogP contribution >= 0.6 is 35.0 Å². The molecule has 0 unspecified atom stereocenters. The Morgan fingerprint density at radius 1 is 1.06 bits per heavy atom. The number of benzene rings is 2.